The highest BCUT2D eigenvalue weighted by Crippen LogP contribution is 2.41. The van der Waals surface area contributed by atoms with Crippen molar-refractivity contribution in [3.63, 3.8) is 0 Å². The molecule has 1 atom stereocenters. The molecule has 1 unspecified atom stereocenters. The van der Waals surface area contributed by atoms with Crippen LogP contribution in [0.1, 0.15) is 37.1 Å². The van der Waals surface area contributed by atoms with Gasteiger partial charge in [-0.1, -0.05) is 25.5 Å². The fourth-order valence-electron chi connectivity index (χ4n) is 3.17. The van der Waals surface area contributed by atoms with Gasteiger partial charge in [0.05, 0.1) is 24.5 Å². The summed E-state index contributed by atoms with van der Waals surface area (Å²) in [6, 6.07) is 9.47. The number of benzene rings is 1. The molecule has 0 spiro atoms. The van der Waals surface area contributed by atoms with Crippen molar-refractivity contribution in [1.29, 1.82) is 0 Å². The largest absolute Gasteiger partial charge is 0.507 e. The first-order valence-electron chi connectivity index (χ1n) is 8.55. The zero-order valence-corrected chi connectivity index (χ0v) is 14.8. The van der Waals surface area contributed by atoms with Crippen molar-refractivity contribution in [2.24, 2.45) is 0 Å². The number of methoxy groups -OCH3 is 1. The third-order valence-corrected chi connectivity index (χ3v) is 4.47. The van der Waals surface area contributed by atoms with Gasteiger partial charge in [-0.3, -0.25) is 9.59 Å². The van der Waals surface area contributed by atoms with Gasteiger partial charge in [-0.05, 0) is 30.7 Å². The van der Waals surface area contributed by atoms with Gasteiger partial charge in [-0.15, -0.1) is 0 Å². The minimum absolute atomic E-state index is 0.0190. The molecule has 1 N–H and O–H groups in total. The van der Waals surface area contributed by atoms with Gasteiger partial charge in [0.25, 0.3) is 11.7 Å². The third-order valence-electron chi connectivity index (χ3n) is 4.47. The van der Waals surface area contributed by atoms with Gasteiger partial charge in [0.2, 0.25) is 0 Å². The smallest absolute Gasteiger partial charge is 0.295 e. The summed E-state index contributed by atoms with van der Waals surface area (Å²) in [5.41, 5.74) is 0.380. The number of rotatable bonds is 6. The minimum atomic E-state index is -0.749. The summed E-state index contributed by atoms with van der Waals surface area (Å²) in [6.07, 6.45) is 3.11. The molecule has 1 aliphatic heterocycles. The van der Waals surface area contributed by atoms with Crippen LogP contribution in [-0.2, 0) is 9.59 Å². The summed E-state index contributed by atoms with van der Waals surface area (Å²) < 4.78 is 10.8. The second kappa shape index (κ2) is 7.47. The Balaban J connectivity index is 2.16. The van der Waals surface area contributed by atoms with Crippen molar-refractivity contribution in [3.05, 3.63) is 59.6 Å². The van der Waals surface area contributed by atoms with Gasteiger partial charge in [-0.2, -0.15) is 0 Å². The van der Waals surface area contributed by atoms with Crippen molar-refractivity contribution in [1.82, 2.24) is 4.90 Å². The number of hydrogen-bond donors (Lipinski definition) is 1. The van der Waals surface area contributed by atoms with E-state index in [1.807, 2.05) is 6.92 Å². The number of amides is 1. The first-order chi connectivity index (χ1) is 12.6. The molecule has 1 aliphatic rings. The summed E-state index contributed by atoms with van der Waals surface area (Å²) in [5.74, 6) is -0.747. The van der Waals surface area contributed by atoms with Gasteiger partial charge < -0.3 is 19.2 Å². The van der Waals surface area contributed by atoms with Crippen LogP contribution in [0.5, 0.6) is 5.75 Å². The first kappa shape index (κ1) is 17.8. The lowest BCUT2D eigenvalue weighted by atomic mass is 9.99. The second-order valence-electron chi connectivity index (χ2n) is 6.06. The number of unbranched alkanes of at least 4 members (excludes halogenated alkanes) is 1. The van der Waals surface area contributed by atoms with E-state index in [1.165, 1.54) is 18.3 Å². The Kier molecular flexibility index (Phi) is 5.11. The number of ketones is 1. The highest BCUT2D eigenvalue weighted by molar-refractivity contribution is 6.46. The average Bonchev–Trinajstić information content (AvgIpc) is 3.27. The SMILES string of the molecule is CCCCN1C(=O)C(=O)/C(=C(\O)c2ccccc2OC)C1c1ccco1. The van der Waals surface area contributed by atoms with E-state index in [1.54, 1.807) is 36.4 Å². The van der Waals surface area contributed by atoms with E-state index in [4.69, 9.17) is 9.15 Å². The second-order valence-corrected chi connectivity index (χ2v) is 6.06. The standard InChI is InChI=1S/C20H21NO5/c1-3-4-11-21-17(15-10-7-12-26-15)16(19(23)20(21)24)18(22)13-8-5-6-9-14(13)25-2/h5-10,12,17,22H,3-4,11H2,1-2H3/b18-16-. The highest BCUT2D eigenvalue weighted by atomic mass is 16.5. The maximum Gasteiger partial charge on any atom is 0.295 e. The van der Waals surface area contributed by atoms with E-state index in [9.17, 15) is 14.7 Å². The van der Waals surface area contributed by atoms with E-state index in [-0.39, 0.29) is 11.3 Å². The molecule has 6 heteroatoms. The highest BCUT2D eigenvalue weighted by Gasteiger charge is 2.47. The van der Waals surface area contributed by atoms with Gasteiger partial charge in [0.1, 0.15) is 23.3 Å². The Morgan fingerprint density at radius 2 is 2.00 bits per heavy atom. The minimum Gasteiger partial charge on any atom is -0.507 e. The van der Waals surface area contributed by atoms with Crippen LogP contribution in [0.3, 0.4) is 0 Å². The molecule has 1 amide bonds. The van der Waals surface area contributed by atoms with Crippen molar-refractivity contribution in [3.8, 4) is 5.75 Å². The number of hydrogen-bond acceptors (Lipinski definition) is 5. The zero-order valence-electron chi connectivity index (χ0n) is 14.8. The predicted octanol–water partition coefficient (Wildman–Crippen LogP) is 3.51. The number of carbonyl (C=O) groups excluding carboxylic acids is 2. The van der Waals surface area contributed by atoms with E-state index in [0.29, 0.717) is 23.6 Å². The molecule has 0 saturated carbocycles. The molecule has 1 saturated heterocycles. The maximum absolute atomic E-state index is 12.7. The van der Waals surface area contributed by atoms with Crippen LogP contribution in [0, 0.1) is 0 Å². The number of nitrogens with zero attached hydrogens (tertiary/aromatic N) is 1. The van der Waals surface area contributed by atoms with Gasteiger partial charge in [-0.25, -0.2) is 0 Å². The molecular formula is C20H21NO5. The average molecular weight is 355 g/mol. The normalized spacial score (nSPS) is 19.2. The van der Waals surface area contributed by atoms with Crippen LogP contribution in [0.25, 0.3) is 5.76 Å². The summed E-state index contributed by atoms with van der Waals surface area (Å²) in [5, 5.41) is 10.9. The number of Topliss-reactive ketones (excluding diaryl/α,β-unsaturated/α-hetero) is 1. The summed E-state index contributed by atoms with van der Waals surface area (Å²) in [6.45, 7) is 2.42. The zero-order chi connectivity index (χ0) is 18.7. The van der Waals surface area contributed by atoms with Crippen LogP contribution in [-0.4, -0.2) is 35.4 Å². The van der Waals surface area contributed by atoms with E-state index < -0.39 is 17.7 Å². The number of aliphatic hydroxyl groups is 1. The molecule has 1 fully saturated rings. The summed E-state index contributed by atoms with van der Waals surface area (Å²) in [4.78, 5) is 26.7. The van der Waals surface area contributed by atoms with Gasteiger partial charge >= 0.3 is 0 Å². The lowest BCUT2D eigenvalue weighted by Gasteiger charge is -2.23. The Bertz CT molecular complexity index is 838. The Morgan fingerprint density at radius 1 is 1.23 bits per heavy atom. The molecular weight excluding hydrogens is 334 g/mol. The number of para-hydroxylation sites is 1. The topological polar surface area (TPSA) is 80.0 Å². The van der Waals surface area contributed by atoms with Crippen molar-refractivity contribution >= 4 is 17.4 Å². The Labute approximate surface area is 151 Å². The van der Waals surface area contributed by atoms with Gasteiger partial charge in [0, 0.05) is 6.54 Å². The molecule has 0 aliphatic carbocycles. The van der Waals surface area contributed by atoms with Crippen molar-refractivity contribution in [2.45, 2.75) is 25.8 Å². The molecule has 1 aromatic carbocycles. The van der Waals surface area contributed by atoms with Crippen LogP contribution in [0.4, 0.5) is 0 Å². The quantitative estimate of drug-likeness (QED) is 0.487. The number of ether oxygens (including phenoxy) is 1. The lowest BCUT2D eigenvalue weighted by molar-refractivity contribution is -0.140. The fraction of sp³-hybridized carbons (Fsp3) is 0.300. The van der Waals surface area contributed by atoms with E-state index in [2.05, 4.69) is 0 Å². The molecule has 3 rings (SSSR count). The number of likely N-dealkylation sites (tertiary alicyclic amines) is 1. The van der Waals surface area contributed by atoms with E-state index >= 15 is 0 Å². The molecule has 26 heavy (non-hydrogen) atoms. The molecule has 1 aromatic heterocycles. The third kappa shape index (κ3) is 2.98. The van der Waals surface area contributed by atoms with Crippen LogP contribution in [0.2, 0.25) is 0 Å². The molecule has 2 heterocycles. The van der Waals surface area contributed by atoms with Crippen molar-refractivity contribution < 1.29 is 23.8 Å². The first-order valence-corrected chi connectivity index (χ1v) is 8.55. The van der Waals surface area contributed by atoms with Crippen LogP contribution in [0.15, 0.2) is 52.7 Å². The molecule has 0 bridgehead atoms. The summed E-state index contributed by atoms with van der Waals surface area (Å²) >= 11 is 0. The molecule has 136 valence electrons. The number of aliphatic hydroxyl groups excluding tert-OH is 1. The molecule has 6 nitrogen and oxygen atoms in total. The molecule has 0 radical (unpaired) electrons. The maximum atomic E-state index is 12.7. The summed E-state index contributed by atoms with van der Waals surface area (Å²) in [7, 11) is 1.48. The predicted molar refractivity (Wildman–Crippen MR) is 95.6 cm³/mol. The van der Waals surface area contributed by atoms with Crippen molar-refractivity contribution in [2.75, 3.05) is 13.7 Å². The number of furan rings is 1. The van der Waals surface area contributed by atoms with Gasteiger partial charge in [0.15, 0.2) is 0 Å². The molecule has 2 aromatic rings. The lowest BCUT2D eigenvalue weighted by Crippen LogP contribution is -2.30. The van der Waals surface area contributed by atoms with E-state index in [0.717, 1.165) is 12.8 Å². The van der Waals surface area contributed by atoms with Crippen LogP contribution >= 0.6 is 0 Å². The monoisotopic (exact) mass is 355 g/mol. The Hall–Kier alpha value is -3.02. The van der Waals surface area contributed by atoms with Crippen LogP contribution < -0.4 is 4.74 Å². The Morgan fingerprint density at radius 3 is 2.65 bits per heavy atom. The fourth-order valence-corrected chi connectivity index (χ4v) is 3.17. The number of carbonyl (C=O) groups is 2.